The monoisotopic (exact) mass is 312 g/mol. The second-order valence-corrected chi connectivity index (χ2v) is 6.53. The summed E-state index contributed by atoms with van der Waals surface area (Å²) >= 11 is 0. The molecule has 0 unspecified atom stereocenters. The molecule has 0 saturated carbocycles. The highest BCUT2D eigenvalue weighted by Gasteiger charge is 1.99. The second kappa shape index (κ2) is 6.88. The van der Waals surface area contributed by atoms with Crippen molar-refractivity contribution >= 4 is 21.5 Å². The Hall–Kier alpha value is -2.60. The maximum atomic E-state index is 2.28. The molecule has 0 aromatic heterocycles. The van der Waals surface area contributed by atoms with Crippen LogP contribution in [0.1, 0.15) is 22.3 Å². The van der Waals surface area contributed by atoms with E-state index in [9.17, 15) is 0 Å². The fourth-order valence-electron chi connectivity index (χ4n) is 3.09. The van der Waals surface area contributed by atoms with Gasteiger partial charge in [0.2, 0.25) is 0 Å². The standard InChI is InChI=1S/C13H14.C11H10/c1-9-5-4-6-12-7-10(2)11(3)8-13(9)12;1-9-5-4-7-10-6-2-3-8-11(9)10/h4-8H,1-3H3;2-8H,1H3. The minimum Gasteiger partial charge on any atom is -0.0616 e. The maximum absolute atomic E-state index is 2.28. The lowest BCUT2D eigenvalue weighted by Crippen LogP contribution is -1.83. The second-order valence-electron chi connectivity index (χ2n) is 6.53. The molecule has 0 N–H and O–H groups in total. The fourth-order valence-corrected chi connectivity index (χ4v) is 3.09. The van der Waals surface area contributed by atoms with Crippen LogP contribution < -0.4 is 0 Å². The molecule has 0 saturated heterocycles. The van der Waals surface area contributed by atoms with Crippen LogP contribution in [-0.2, 0) is 0 Å². The van der Waals surface area contributed by atoms with Crippen molar-refractivity contribution in [3.8, 4) is 0 Å². The molecule has 0 aliphatic carbocycles. The zero-order valence-corrected chi connectivity index (χ0v) is 14.9. The van der Waals surface area contributed by atoms with E-state index in [-0.39, 0.29) is 0 Å². The van der Waals surface area contributed by atoms with Crippen molar-refractivity contribution in [2.24, 2.45) is 0 Å². The summed E-state index contributed by atoms with van der Waals surface area (Å²) < 4.78 is 0. The molecular weight excluding hydrogens is 288 g/mol. The van der Waals surface area contributed by atoms with Gasteiger partial charge in [0.05, 0.1) is 0 Å². The zero-order chi connectivity index (χ0) is 17.1. The largest absolute Gasteiger partial charge is 0.0616 e. The number of rotatable bonds is 0. The Labute approximate surface area is 144 Å². The third kappa shape index (κ3) is 3.33. The lowest BCUT2D eigenvalue weighted by atomic mass is 10.00. The number of hydrogen-bond acceptors (Lipinski definition) is 0. The first kappa shape index (κ1) is 16.3. The maximum Gasteiger partial charge on any atom is -0.0152 e. The molecule has 0 aliphatic heterocycles. The van der Waals surface area contributed by atoms with E-state index in [0.29, 0.717) is 0 Å². The molecule has 0 nitrogen and oxygen atoms in total. The summed E-state index contributed by atoms with van der Waals surface area (Å²) in [5.41, 5.74) is 5.46. The van der Waals surface area contributed by atoms with Crippen LogP contribution in [0, 0.1) is 27.7 Å². The molecule has 0 fully saturated rings. The van der Waals surface area contributed by atoms with Gasteiger partial charge in [-0.25, -0.2) is 0 Å². The normalized spacial score (nSPS) is 10.5. The molecule has 0 heteroatoms. The SMILES string of the molecule is Cc1cc2cccc(C)c2cc1C.Cc1cccc2ccccc12. The molecule has 24 heavy (non-hydrogen) atoms. The minimum atomic E-state index is 1.33. The van der Waals surface area contributed by atoms with Crippen LogP contribution in [0.5, 0.6) is 0 Å². The molecule has 0 amide bonds. The number of hydrogen-bond donors (Lipinski definition) is 0. The molecule has 0 heterocycles. The Morgan fingerprint density at radius 1 is 0.417 bits per heavy atom. The van der Waals surface area contributed by atoms with Crippen LogP contribution in [0.4, 0.5) is 0 Å². The quantitative estimate of drug-likeness (QED) is 0.331. The van der Waals surface area contributed by atoms with Crippen LogP contribution in [0.2, 0.25) is 0 Å². The molecule has 0 spiro atoms. The minimum absolute atomic E-state index is 1.33. The van der Waals surface area contributed by atoms with E-state index in [1.54, 1.807) is 0 Å². The van der Waals surface area contributed by atoms with Crippen LogP contribution >= 0.6 is 0 Å². The molecule has 4 rings (SSSR count). The average molecular weight is 312 g/mol. The van der Waals surface area contributed by atoms with E-state index < -0.39 is 0 Å². The van der Waals surface area contributed by atoms with Gasteiger partial charge in [-0.05, 0) is 71.5 Å². The Bertz CT molecular complexity index is 988. The van der Waals surface area contributed by atoms with Crippen molar-refractivity contribution in [3.63, 3.8) is 0 Å². The van der Waals surface area contributed by atoms with E-state index >= 15 is 0 Å². The lowest BCUT2D eigenvalue weighted by Gasteiger charge is -2.05. The molecule has 4 aromatic carbocycles. The van der Waals surface area contributed by atoms with Crippen molar-refractivity contribution in [1.82, 2.24) is 0 Å². The first-order chi connectivity index (χ1) is 11.6. The highest BCUT2D eigenvalue weighted by atomic mass is 14.0. The van der Waals surface area contributed by atoms with Gasteiger partial charge in [-0.3, -0.25) is 0 Å². The average Bonchev–Trinajstić information content (AvgIpc) is 2.58. The molecule has 0 radical (unpaired) electrons. The van der Waals surface area contributed by atoms with Crippen molar-refractivity contribution in [1.29, 1.82) is 0 Å². The van der Waals surface area contributed by atoms with E-state index in [1.807, 2.05) is 0 Å². The van der Waals surface area contributed by atoms with Crippen LogP contribution in [0.3, 0.4) is 0 Å². The summed E-state index contributed by atoms with van der Waals surface area (Å²) in [5.74, 6) is 0. The van der Waals surface area contributed by atoms with Gasteiger partial charge in [0.25, 0.3) is 0 Å². The van der Waals surface area contributed by atoms with E-state index in [2.05, 4.69) is 100 Å². The summed E-state index contributed by atoms with van der Waals surface area (Å²) in [6, 6.07) is 25.8. The summed E-state index contributed by atoms with van der Waals surface area (Å²) in [7, 11) is 0. The Morgan fingerprint density at radius 2 is 0.958 bits per heavy atom. The molecule has 0 bridgehead atoms. The van der Waals surface area contributed by atoms with Crippen molar-refractivity contribution in [2.75, 3.05) is 0 Å². The summed E-state index contributed by atoms with van der Waals surface area (Å²) in [4.78, 5) is 0. The smallest absolute Gasteiger partial charge is 0.0152 e. The number of aryl methyl sites for hydroxylation is 4. The molecular formula is C24H24. The summed E-state index contributed by atoms with van der Waals surface area (Å²) in [5, 5.41) is 5.41. The van der Waals surface area contributed by atoms with Crippen LogP contribution in [0.25, 0.3) is 21.5 Å². The highest BCUT2D eigenvalue weighted by molar-refractivity contribution is 5.87. The van der Waals surface area contributed by atoms with E-state index in [1.165, 1.54) is 43.8 Å². The van der Waals surface area contributed by atoms with Gasteiger partial charge in [0.1, 0.15) is 0 Å². The summed E-state index contributed by atoms with van der Waals surface area (Å²) in [6.45, 7) is 8.64. The predicted octanol–water partition coefficient (Wildman–Crippen LogP) is 6.91. The predicted molar refractivity (Wildman–Crippen MR) is 107 cm³/mol. The summed E-state index contributed by atoms with van der Waals surface area (Å²) in [6.07, 6.45) is 0. The Balaban J connectivity index is 0.000000143. The lowest BCUT2D eigenvalue weighted by molar-refractivity contribution is 1.36. The van der Waals surface area contributed by atoms with Gasteiger partial charge in [-0.2, -0.15) is 0 Å². The molecule has 4 aromatic rings. The Morgan fingerprint density at radius 3 is 1.67 bits per heavy atom. The Kier molecular flexibility index (Phi) is 4.66. The van der Waals surface area contributed by atoms with Crippen LogP contribution in [0.15, 0.2) is 72.8 Å². The first-order valence-corrected chi connectivity index (χ1v) is 8.47. The van der Waals surface area contributed by atoms with Gasteiger partial charge in [0.15, 0.2) is 0 Å². The van der Waals surface area contributed by atoms with Crippen molar-refractivity contribution < 1.29 is 0 Å². The fraction of sp³-hybridized carbons (Fsp3) is 0.167. The highest BCUT2D eigenvalue weighted by Crippen LogP contribution is 2.22. The molecule has 0 aliphatic rings. The van der Waals surface area contributed by atoms with Crippen LogP contribution in [-0.4, -0.2) is 0 Å². The number of benzene rings is 4. The number of fused-ring (bicyclic) bond motifs is 2. The first-order valence-electron chi connectivity index (χ1n) is 8.47. The van der Waals surface area contributed by atoms with Gasteiger partial charge in [-0.1, -0.05) is 72.8 Å². The topological polar surface area (TPSA) is 0 Å². The van der Waals surface area contributed by atoms with E-state index in [0.717, 1.165) is 0 Å². The third-order valence-corrected chi connectivity index (χ3v) is 4.72. The molecule has 120 valence electrons. The third-order valence-electron chi connectivity index (χ3n) is 4.72. The van der Waals surface area contributed by atoms with Crippen molar-refractivity contribution in [3.05, 3.63) is 95.1 Å². The van der Waals surface area contributed by atoms with Gasteiger partial charge in [-0.15, -0.1) is 0 Å². The van der Waals surface area contributed by atoms with Gasteiger partial charge < -0.3 is 0 Å². The van der Waals surface area contributed by atoms with Gasteiger partial charge >= 0.3 is 0 Å². The van der Waals surface area contributed by atoms with E-state index in [4.69, 9.17) is 0 Å². The van der Waals surface area contributed by atoms with Crippen molar-refractivity contribution in [2.45, 2.75) is 27.7 Å². The zero-order valence-electron chi connectivity index (χ0n) is 14.9. The molecule has 0 atom stereocenters. The van der Waals surface area contributed by atoms with Gasteiger partial charge in [0, 0.05) is 0 Å².